The Morgan fingerprint density at radius 2 is 1.89 bits per heavy atom. The molecule has 0 radical (unpaired) electrons. The monoisotopic (exact) mass is 608 g/mol. The fourth-order valence-electron chi connectivity index (χ4n) is 6.92. The maximum absolute atomic E-state index is 12.9. The largest absolute Gasteiger partial charge is 0.462 e. The summed E-state index contributed by atoms with van der Waals surface area (Å²) in [7, 11) is 2.12. The Bertz CT molecular complexity index is 1660. The molecule has 1 aromatic heterocycles. The van der Waals surface area contributed by atoms with E-state index < -0.39 is 5.91 Å². The number of likely N-dealkylation sites (tertiary alicyclic amines) is 1. The number of carbonyl (C=O) groups excluding carboxylic acids is 2. The molecule has 0 unspecified atom stereocenters. The van der Waals surface area contributed by atoms with Crippen LogP contribution in [0.5, 0.6) is 6.01 Å². The molecule has 2 amide bonds. The molecule has 6 rings (SSSR count). The van der Waals surface area contributed by atoms with E-state index in [1.54, 1.807) is 4.90 Å². The number of amides is 2. The summed E-state index contributed by atoms with van der Waals surface area (Å²) >= 11 is 0. The molecule has 2 N–H and O–H groups in total. The summed E-state index contributed by atoms with van der Waals surface area (Å²) in [6, 6.07) is 15.4. The number of aromatic nitrogens is 2. The lowest BCUT2D eigenvalue weighted by Crippen LogP contribution is -2.55. The van der Waals surface area contributed by atoms with Gasteiger partial charge in [-0.05, 0) is 56.8 Å². The zero-order chi connectivity index (χ0) is 31.5. The molecule has 0 aliphatic carbocycles. The molecule has 0 saturated carbocycles. The minimum absolute atomic E-state index is 0.158. The van der Waals surface area contributed by atoms with E-state index in [0.29, 0.717) is 44.8 Å². The lowest BCUT2D eigenvalue weighted by molar-refractivity contribution is -0.128. The molecule has 2 aromatic carbocycles. The SMILES string of the molecule is Cc1cccc2cccc(N3CCc4c(nc(OC[C@@H]5CCCN5C)nc4N4CCN(C(=O)/C=C/C(N)=O)[C@@H](CC#N)C4)C3)c12. The van der Waals surface area contributed by atoms with Crippen molar-refractivity contribution in [3.8, 4) is 12.1 Å². The van der Waals surface area contributed by atoms with Gasteiger partial charge in [0, 0.05) is 61.0 Å². The summed E-state index contributed by atoms with van der Waals surface area (Å²) in [5.41, 5.74) is 9.65. The van der Waals surface area contributed by atoms with Crippen molar-refractivity contribution in [2.24, 2.45) is 5.73 Å². The highest BCUT2D eigenvalue weighted by Crippen LogP contribution is 2.36. The quantitative estimate of drug-likeness (QED) is 0.384. The van der Waals surface area contributed by atoms with Gasteiger partial charge in [-0.25, -0.2) is 0 Å². The van der Waals surface area contributed by atoms with Crippen molar-refractivity contribution >= 4 is 34.1 Å². The molecule has 4 heterocycles. The van der Waals surface area contributed by atoms with Crippen LogP contribution < -0.4 is 20.3 Å². The van der Waals surface area contributed by atoms with Crippen LogP contribution in [0.3, 0.4) is 0 Å². The smallest absolute Gasteiger partial charge is 0.318 e. The minimum atomic E-state index is -0.685. The summed E-state index contributed by atoms with van der Waals surface area (Å²) in [6.45, 7) is 6.51. The molecular weight excluding hydrogens is 568 g/mol. The number of rotatable bonds is 8. The van der Waals surface area contributed by atoms with Gasteiger partial charge in [-0.15, -0.1) is 0 Å². The van der Waals surface area contributed by atoms with E-state index in [1.807, 2.05) is 0 Å². The van der Waals surface area contributed by atoms with Crippen molar-refractivity contribution in [3.63, 3.8) is 0 Å². The van der Waals surface area contributed by atoms with Gasteiger partial charge in [0.1, 0.15) is 12.4 Å². The normalized spacial score (nSPS) is 20.4. The summed E-state index contributed by atoms with van der Waals surface area (Å²) in [5, 5.41) is 12.1. The van der Waals surface area contributed by atoms with Gasteiger partial charge in [-0.2, -0.15) is 15.2 Å². The van der Waals surface area contributed by atoms with E-state index in [4.69, 9.17) is 20.4 Å². The standard InChI is InChI=1S/C34H40N8O3/c1-23-6-3-7-24-8-4-10-29(32(23)24)40-17-14-27-28(21-40)37-34(45-22-26-9-5-16-39(26)2)38-33(27)41-18-19-42(25(20-41)13-15-35)31(44)12-11-30(36)43/h3-4,6-8,10-12,25-26H,5,9,13-14,16-22H2,1-2H3,(H2,36,43)/b12-11+/t25-,26-/m0/s1. The summed E-state index contributed by atoms with van der Waals surface area (Å²) < 4.78 is 6.30. The summed E-state index contributed by atoms with van der Waals surface area (Å²) in [4.78, 5) is 42.6. The number of nitriles is 1. The fourth-order valence-corrected chi connectivity index (χ4v) is 6.92. The van der Waals surface area contributed by atoms with Crippen molar-refractivity contribution < 1.29 is 14.3 Å². The zero-order valence-corrected chi connectivity index (χ0v) is 26.0. The third-order valence-electron chi connectivity index (χ3n) is 9.31. The van der Waals surface area contributed by atoms with Gasteiger partial charge < -0.3 is 30.1 Å². The minimum Gasteiger partial charge on any atom is -0.462 e. The maximum Gasteiger partial charge on any atom is 0.318 e. The lowest BCUT2D eigenvalue weighted by Gasteiger charge is -2.42. The van der Waals surface area contributed by atoms with E-state index in [9.17, 15) is 14.9 Å². The van der Waals surface area contributed by atoms with Crippen LogP contribution in [-0.2, 0) is 22.6 Å². The highest BCUT2D eigenvalue weighted by Gasteiger charge is 2.34. The van der Waals surface area contributed by atoms with Crippen LogP contribution in [0.1, 0.15) is 36.1 Å². The van der Waals surface area contributed by atoms with Crippen molar-refractivity contribution in [2.45, 2.75) is 51.2 Å². The molecule has 2 fully saturated rings. The number of hydrogen-bond acceptors (Lipinski definition) is 9. The third-order valence-corrected chi connectivity index (χ3v) is 9.31. The topological polar surface area (TPSA) is 132 Å². The number of fused-ring (bicyclic) bond motifs is 2. The van der Waals surface area contributed by atoms with Crippen LogP contribution >= 0.6 is 0 Å². The molecule has 3 aliphatic rings. The second-order valence-electron chi connectivity index (χ2n) is 12.2. The Kier molecular flexibility index (Phi) is 8.85. The number of nitrogens with zero attached hydrogens (tertiary/aromatic N) is 7. The summed E-state index contributed by atoms with van der Waals surface area (Å²) in [5.74, 6) is -0.203. The molecule has 0 bridgehead atoms. The Hall–Kier alpha value is -4.69. The Labute approximate surface area is 263 Å². The molecule has 2 atom stereocenters. The van der Waals surface area contributed by atoms with Crippen molar-refractivity contribution in [3.05, 3.63) is 65.4 Å². The molecule has 11 nitrogen and oxygen atoms in total. The van der Waals surface area contributed by atoms with Gasteiger partial charge in [0.25, 0.3) is 0 Å². The molecule has 11 heteroatoms. The fraction of sp³-hybridized carbons (Fsp3) is 0.441. The first-order chi connectivity index (χ1) is 21.8. The van der Waals surface area contributed by atoms with Gasteiger partial charge in [0.15, 0.2) is 0 Å². The molecule has 234 valence electrons. The number of anilines is 2. The molecule has 3 aromatic rings. The maximum atomic E-state index is 12.9. The van der Waals surface area contributed by atoms with Gasteiger partial charge in [-0.1, -0.05) is 30.3 Å². The van der Waals surface area contributed by atoms with Gasteiger partial charge in [0.05, 0.1) is 30.8 Å². The number of aryl methyl sites for hydroxylation is 1. The number of benzene rings is 2. The van der Waals surface area contributed by atoms with Crippen LogP contribution in [0, 0.1) is 18.3 Å². The number of piperazine rings is 1. The first kappa shape index (κ1) is 30.3. The second-order valence-corrected chi connectivity index (χ2v) is 12.2. The zero-order valence-electron chi connectivity index (χ0n) is 26.0. The molecule has 2 saturated heterocycles. The van der Waals surface area contributed by atoms with Crippen molar-refractivity contribution in [2.75, 3.05) is 56.2 Å². The first-order valence-corrected chi connectivity index (χ1v) is 15.7. The number of nitrogens with two attached hydrogens (primary N) is 1. The number of carbonyl (C=O) groups is 2. The van der Waals surface area contributed by atoms with E-state index in [-0.39, 0.29) is 18.4 Å². The molecule has 0 spiro atoms. The van der Waals surface area contributed by atoms with Gasteiger partial charge in [0.2, 0.25) is 11.8 Å². The van der Waals surface area contributed by atoms with Crippen LogP contribution in [0.15, 0.2) is 48.6 Å². The average Bonchev–Trinajstić information content (AvgIpc) is 3.46. The predicted octanol–water partition coefficient (Wildman–Crippen LogP) is 2.95. The Morgan fingerprint density at radius 3 is 2.64 bits per heavy atom. The van der Waals surface area contributed by atoms with Crippen LogP contribution in [-0.4, -0.2) is 90.0 Å². The highest BCUT2D eigenvalue weighted by molar-refractivity contribution is 5.97. The predicted molar refractivity (Wildman–Crippen MR) is 173 cm³/mol. The van der Waals surface area contributed by atoms with Crippen LogP contribution in [0.2, 0.25) is 0 Å². The van der Waals surface area contributed by atoms with Crippen LogP contribution in [0.4, 0.5) is 11.5 Å². The Balaban J connectivity index is 1.32. The number of hydrogen-bond donors (Lipinski definition) is 1. The van der Waals surface area contributed by atoms with E-state index in [2.05, 4.69) is 71.1 Å². The van der Waals surface area contributed by atoms with E-state index >= 15 is 0 Å². The molecule has 3 aliphatic heterocycles. The van der Waals surface area contributed by atoms with Crippen molar-refractivity contribution in [1.29, 1.82) is 5.26 Å². The summed E-state index contributed by atoms with van der Waals surface area (Å²) in [6.07, 6.45) is 5.39. The number of primary amides is 1. The number of likely N-dealkylation sites (N-methyl/N-ethyl adjacent to an activating group) is 1. The molecule has 45 heavy (non-hydrogen) atoms. The third kappa shape index (κ3) is 6.42. The van der Waals surface area contributed by atoms with E-state index in [1.165, 1.54) is 28.1 Å². The first-order valence-electron chi connectivity index (χ1n) is 15.7. The second kappa shape index (κ2) is 13.1. The molecular formula is C34H40N8O3. The highest BCUT2D eigenvalue weighted by atomic mass is 16.5. The van der Waals surface area contributed by atoms with E-state index in [0.717, 1.165) is 55.5 Å². The number of ether oxygens (including phenoxy) is 1. The Morgan fingerprint density at radius 1 is 1.07 bits per heavy atom. The van der Waals surface area contributed by atoms with Crippen molar-refractivity contribution in [1.82, 2.24) is 19.8 Å². The van der Waals surface area contributed by atoms with Crippen LogP contribution in [0.25, 0.3) is 10.8 Å². The van der Waals surface area contributed by atoms with Gasteiger partial charge in [-0.3, -0.25) is 9.59 Å². The van der Waals surface area contributed by atoms with Gasteiger partial charge >= 0.3 is 6.01 Å². The average molecular weight is 609 g/mol. The lowest BCUT2D eigenvalue weighted by atomic mass is 9.99.